The molecule has 1 aromatic heterocycles. The Morgan fingerprint density at radius 1 is 1.11 bits per heavy atom. The van der Waals surface area contributed by atoms with Crippen LogP contribution in [0.2, 0.25) is 0 Å². The van der Waals surface area contributed by atoms with Crippen LogP contribution in [0.3, 0.4) is 0 Å². The van der Waals surface area contributed by atoms with E-state index in [1.807, 2.05) is 18.5 Å². The largest absolute Gasteiger partial charge is 0.316 e. The lowest BCUT2D eigenvalue weighted by Crippen LogP contribution is -2.39. The number of pyridine rings is 1. The van der Waals surface area contributed by atoms with E-state index in [1.54, 1.807) is 11.1 Å². The lowest BCUT2D eigenvalue weighted by molar-refractivity contribution is 0.318. The van der Waals surface area contributed by atoms with Gasteiger partial charge in [0.15, 0.2) is 0 Å². The molecule has 0 amide bonds. The van der Waals surface area contributed by atoms with Crippen LogP contribution in [0.5, 0.6) is 0 Å². The van der Waals surface area contributed by atoms with Crippen molar-refractivity contribution in [3.63, 3.8) is 0 Å². The molecule has 2 bridgehead atoms. The Morgan fingerprint density at radius 2 is 2.11 bits per heavy atom. The molecule has 1 aliphatic carbocycles. The molecule has 4 rings (SSSR count). The molecule has 1 fully saturated rings. The quantitative estimate of drug-likeness (QED) is 0.841. The van der Waals surface area contributed by atoms with E-state index in [1.165, 1.54) is 30.5 Å². The third-order valence-electron chi connectivity index (χ3n) is 4.53. The summed E-state index contributed by atoms with van der Waals surface area (Å²) in [5, 5.41) is 3.56. The SMILES string of the molecule is c1cncc(-c2ccc3c(c2)CC2CNCC3C2)c1. The normalized spacial score (nSPS) is 24.8. The van der Waals surface area contributed by atoms with Crippen LogP contribution < -0.4 is 5.32 Å². The summed E-state index contributed by atoms with van der Waals surface area (Å²) >= 11 is 0. The van der Waals surface area contributed by atoms with Gasteiger partial charge < -0.3 is 5.32 Å². The number of hydrogen-bond acceptors (Lipinski definition) is 2. The Labute approximate surface area is 113 Å². The first-order chi connectivity index (χ1) is 9.40. The van der Waals surface area contributed by atoms with Crippen LogP contribution in [0.4, 0.5) is 0 Å². The van der Waals surface area contributed by atoms with Gasteiger partial charge in [-0.05, 0) is 59.5 Å². The summed E-state index contributed by atoms with van der Waals surface area (Å²) in [6.07, 6.45) is 6.38. The van der Waals surface area contributed by atoms with Crippen molar-refractivity contribution in [2.24, 2.45) is 5.92 Å². The van der Waals surface area contributed by atoms with E-state index in [0.717, 1.165) is 18.4 Å². The van der Waals surface area contributed by atoms with Crippen LogP contribution in [-0.4, -0.2) is 18.1 Å². The van der Waals surface area contributed by atoms with Gasteiger partial charge in [-0.2, -0.15) is 0 Å². The zero-order valence-electron chi connectivity index (χ0n) is 11.0. The van der Waals surface area contributed by atoms with Gasteiger partial charge in [0.2, 0.25) is 0 Å². The van der Waals surface area contributed by atoms with Gasteiger partial charge in [-0.3, -0.25) is 4.98 Å². The second kappa shape index (κ2) is 4.46. The number of rotatable bonds is 1. The average Bonchev–Trinajstić information content (AvgIpc) is 2.48. The van der Waals surface area contributed by atoms with Crippen LogP contribution in [0.15, 0.2) is 42.7 Å². The molecule has 96 valence electrons. The molecule has 2 aromatic rings. The first kappa shape index (κ1) is 11.2. The van der Waals surface area contributed by atoms with Gasteiger partial charge in [0.25, 0.3) is 0 Å². The second-order valence-corrected chi connectivity index (χ2v) is 5.82. The average molecular weight is 250 g/mol. The van der Waals surface area contributed by atoms with Crippen LogP contribution in [0, 0.1) is 5.92 Å². The molecule has 2 heteroatoms. The van der Waals surface area contributed by atoms with Crippen LogP contribution in [0.25, 0.3) is 11.1 Å². The fourth-order valence-corrected chi connectivity index (χ4v) is 3.63. The maximum Gasteiger partial charge on any atom is 0.0346 e. The minimum atomic E-state index is 0.727. The standard InChI is InChI=1S/C17H18N2/c1-2-14(10-18-5-1)13-3-4-17-15(8-13)6-12-7-16(17)11-19-9-12/h1-5,8,10,12,16,19H,6-7,9,11H2. The van der Waals surface area contributed by atoms with Crippen molar-refractivity contribution in [1.82, 2.24) is 10.3 Å². The van der Waals surface area contributed by atoms with Gasteiger partial charge in [0.05, 0.1) is 0 Å². The molecule has 2 heterocycles. The molecule has 2 atom stereocenters. The molecule has 1 saturated heterocycles. The highest BCUT2D eigenvalue weighted by atomic mass is 14.9. The first-order valence-electron chi connectivity index (χ1n) is 7.14. The van der Waals surface area contributed by atoms with Gasteiger partial charge in [-0.1, -0.05) is 24.3 Å². The van der Waals surface area contributed by atoms with E-state index in [2.05, 4.69) is 34.6 Å². The number of benzene rings is 1. The highest BCUT2D eigenvalue weighted by molar-refractivity contribution is 5.64. The number of aromatic nitrogens is 1. The summed E-state index contributed by atoms with van der Waals surface area (Å²) in [6.45, 7) is 2.34. The smallest absolute Gasteiger partial charge is 0.0346 e. The Kier molecular flexibility index (Phi) is 2.63. The molecule has 0 spiro atoms. The lowest BCUT2D eigenvalue weighted by Gasteiger charge is -2.37. The first-order valence-corrected chi connectivity index (χ1v) is 7.14. The third-order valence-corrected chi connectivity index (χ3v) is 4.53. The van der Waals surface area contributed by atoms with E-state index >= 15 is 0 Å². The Morgan fingerprint density at radius 3 is 3.00 bits per heavy atom. The molecular weight excluding hydrogens is 232 g/mol. The van der Waals surface area contributed by atoms with E-state index in [-0.39, 0.29) is 0 Å². The van der Waals surface area contributed by atoms with Gasteiger partial charge in [0.1, 0.15) is 0 Å². The zero-order valence-corrected chi connectivity index (χ0v) is 11.0. The maximum atomic E-state index is 4.22. The molecule has 1 aliphatic heterocycles. The third kappa shape index (κ3) is 1.96. The van der Waals surface area contributed by atoms with Gasteiger partial charge in [-0.25, -0.2) is 0 Å². The number of fused-ring (bicyclic) bond motifs is 4. The van der Waals surface area contributed by atoms with Crippen molar-refractivity contribution in [3.05, 3.63) is 53.9 Å². The van der Waals surface area contributed by atoms with Gasteiger partial charge in [-0.15, -0.1) is 0 Å². The number of piperidine rings is 1. The van der Waals surface area contributed by atoms with Crippen molar-refractivity contribution in [2.75, 3.05) is 13.1 Å². The van der Waals surface area contributed by atoms with Crippen molar-refractivity contribution in [3.8, 4) is 11.1 Å². The molecule has 0 saturated carbocycles. The number of nitrogens with one attached hydrogen (secondary N) is 1. The Hall–Kier alpha value is -1.67. The van der Waals surface area contributed by atoms with Crippen molar-refractivity contribution in [1.29, 1.82) is 0 Å². The van der Waals surface area contributed by atoms with E-state index in [4.69, 9.17) is 0 Å². The summed E-state index contributed by atoms with van der Waals surface area (Å²) in [7, 11) is 0. The van der Waals surface area contributed by atoms with E-state index in [9.17, 15) is 0 Å². The second-order valence-electron chi connectivity index (χ2n) is 5.82. The summed E-state index contributed by atoms with van der Waals surface area (Å²) in [6, 6.07) is 11.1. The summed E-state index contributed by atoms with van der Waals surface area (Å²) < 4.78 is 0. The van der Waals surface area contributed by atoms with E-state index in [0.29, 0.717) is 0 Å². The topological polar surface area (TPSA) is 24.9 Å². The lowest BCUT2D eigenvalue weighted by atomic mass is 9.74. The highest BCUT2D eigenvalue weighted by Crippen LogP contribution is 2.38. The molecule has 1 N–H and O–H groups in total. The Balaban J connectivity index is 1.76. The summed E-state index contributed by atoms with van der Waals surface area (Å²) in [4.78, 5) is 4.22. The van der Waals surface area contributed by atoms with Crippen molar-refractivity contribution in [2.45, 2.75) is 18.8 Å². The highest BCUT2D eigenvalue weighted by Gasteiger charge is 2.30. The molecule has 2 aliphatic rings. The minimum Gasteiger partial charge on any atom is -0.316 e. The fraction of sp³-hybridized carbons (Fsp3) is 0.353. The molecule has 1 aromatic carbocycles. The minimum absolute atomic E-state index is 0.727. The molecule has 2 unspecified atom stereocenters. The Bertz CT molecular complexity index is 591. The maximum absolute atomic E-state index is 4.22. The van der Waals surface area contributed by atoms with Crippen LogP contribution in [0.1, 0.15) is 23.5 Å². The van der Waals surface area contributed by atoms with E-state index < -0.39 is 0 Å². The van der Waals surface area contributed by atoms with Crippen molar-refractivity contribution < 1.29 is 0 Å². The zero-order chi connectivity index (χ0) is 12.7. The molecule has 2 nitrogen and oxygen atoms in total. The number of hydrogen-bond donors (Lipinski definition) is 1. The summed E-state index contributed by atoms with van der Waals surface area (Å²) in [5.74, 6) is 1.56. The fourth-order valence-electron chi connectivity index (χ4n) is 3.63. The summed E-state index contributed by atoms with van der Waals surface area (Å²) in [5.41, 5.74) is 5.65. The predicted molar refractivity (Wildman–Crippen MR) is 77.1 cm³/mol. The number of nitrogens with zero attached hydrogens (tertiary/aromatic N) is 1. The van der Waals surface area contributed by atoms with Crippen LogP contribution >= 0.6 is 0 Å². The predicted octanol–water partition coefficient (Wildman–Crippen LogP) is 3.00. The van der Waals surface area contributed by atoms with Crippen LogP contribution in [-0.2, 0) is 6.42 Å². The van der Waals surface area contributed by atoms with Crippen molar-refractivity contribution >= 4 is 0 Å². The molecule has 19 heavy (non-hydrogen) atoms. The van der Waals surface area contributed by atoms with Gasteiger partial charge >= 0.3 is 0 Å². The molecular formula is C17H18N2. The monoisotopic (exact) mass is 250 g/mol. The van der Waals surface area contributed by atoms with Gasteiger partial charge in [0, 0.05) is 18.9 Å². The molecule has 0 radical (unpaired) electrons.